The van der Waals surface area contributed by atoms with Gasteiger partial charge in [0.1, 0.15) is 12.7 Å². The highest BCUT2D eigenvalue weighted by Crippen LogP contribution is 1.99. The minimum absolute atomic E-state index is 0.0161. The second kappa shape index (κ2) is 10.3. The molecule has 0 bridgehead atoms. The van der Waals surface area contributed by atoms with Crippen LogP contribution in [0.5, 0.6) is 0 Å². The molecule has 0 rings (SSSR count). The fraction of sp³-hybridized carbons (Fsp3) is 0.769. The lowest BCUT2D eigenvalue weighted by atomic mass is 10.3. The van der Waals surface area contributed by atoms with Gasteiger partial charge in [0.15, 0.2) is 0 Å². The van der Waals surface area contributed by atoms with Crippen LogP contribution < -0.4 is 0 Å². The van der Waals surface area contributed by atoms with E-state index in [2.05, 4.69) is 6.92 Å². The Balaban J connectivity index is 3.52. The predicted octanol–water partition coefficient (Wildman–Crippen LogP) is 2.06. The van der Waals surface area contributed by atoms with Crippen molar-refractivity contribution in [2.24, 2.45) is 0 Å². The monoisotopic (exact) mass is 244 g/mol. The number of allylic oxidation sites excluding steroid dienone is 1. The fourth-order valence-electron chi connectivity index (χ4n) is 1.13. The molecule has 1 atom stereocenters. The third-order valence-electron chi connectivity index (χ3n) is 2.36. The molecule has 0 radical (unpaired) electrons. The Bertz CT molecular complexity index is 236. The molecule has 0 saturated heterocycles. The van der Waals surface area contributed by atoms with E-state index in [0.29, 0.717) is 12.2 Å². The summed E-state index contributed by atoms with van der Waals surface area (Å²) in [4.78, 5) is 11.3. The molecule has 4 heteroatoms. The van der Waals surface area contributed by atoms with Crippen molar-refractivity contribution in [1.82, 2.24) is 0 Å². The number of carbonyl (C=O) groups excluding carboxylic acids is 1. The van der Waals surface area contributed by atoms with Gasteiger partial charge < -0.3 is 14.6 Å². The van der Waals surface area contributed by atoms with Crippen LogP contribution in [0.1, 0.15) is 40.0 Å². The second-order valence-electron chi connectivity index (χ2n) is 4.01. The highest BCUT2D eigenvalue weighted by atomic mass is 16.5. The van der Waals surface area contributed by atoms with Crippen molar-refractivity contribution in [2.45, 2.75) is 46.1 Å². The molecule has 4 nitrogen and oxygen atoms in total. The highest BCUT2D eigenvalue weighted by Gasteiger charge is 2.09. The second-order valence-corrected chi connectivity index (χ2v) is 4.01. The summed E-state index contributed by atoms with van der Waals surface area (Å²) in [5, 5.41) is 9.49. The normalized spacial score (nSPS) is 13.5. The molecule has 1 unspecified atom stereocenters. The van der Waals surface area contributed by atoms with E-state index in [1.54, 1.807) is 19.9 Å². The van der Waals surface area contributed by atoms with Crippen LogP contribution in [-0.4, -0.2) is 37.0 Å². The maximum absolute atomic E-state index is 11.3. The van der Waals surface area contributed by atoms with Crippen LogP contribution in [0, 0.1) is 0 Å². The summed E-state index contributed by atoms with van der Waals surface area (Å²) in [6.45, 7) is 6.41. The number of aliphatic hydroxyl groups is 1. The molecule has 100 valence electrons. The van der Waals surface area contributed by atoms with Crippen LogP contribution in [0.25, 0.3) is 0 Å². The average molecular weight is 244 g/mol. The summed E-state index contributed by atoms with van der Waals surface area (Å²) < 4.78 is 10.2. The van der Waals surface area contributed by atoms with E-state index in [1.807, 2.05) is 0 Å². The fourth-order valence-corrected chi connectivity index (χ4v) is 1.13. The Hall–Kier alpha value is -0.870. The molecule has 0 spiro atoms. The van der Waals surface area contributed by atoms with Gasteiger partial charge in [-0.3, -0.25) is 0 Å². The van der Waals surface area contributed by atoms with Crippen LogP contribution in [0.4, 0.5) is 0 Å². The smallest absolute Gasteiger partial charge is 0.333 e. The SMILES string of the molecule is CC=C(C)C(=O)OCC(O)COCCCCC. The third-order valence-corrected chi connectivity index (χ3v) is 2.36. The van der Waals surface area contributed by atoms with Gasteiger partial charge in [0.25, 0.3) is 0 Å². The van der Waals surface area contributed by atoms with Gasteiger partial charge in [-0.15, -0.1) is 0 Å². The molecular weight excluding hydrogens is 220 g/mol. The van der Waals surface area contributed by atoms with Crippen molar-refractivity contribution < 1.29 is 19.4 Å². The average Bonchev–Trinajstić information content (AvgIpc) is 2.34. The lowest BCUT2D eigenvalue weighted by Gasteiger charge is -2.11. The summed E-state index contributed by atoms with van der Waals surface area (Å²) in [7, 11) is 0. The molecule has 0 aliphatic rings. The zero-order valence-corrected chi connectivity index (χ0v) is 11.1. The summed E-state index contributed by atoms with van der Waals surface area (Å²) in [6, 6.07) is 0. The number of aliphatic hydroxyl groups excluding tert-OH is 1. The van der Waals surface area contributed by atoms with Gasteiger partial charge in [-0.05, 0) is 20.3 Å². The standard InChI is InChI=1S/C13H24O4/c1-4-6-7-8-16-9-12(14)10-17-13(15)11(3)5-2/h5,12,14H,4,6-10H2,1-3H3. The van der Waals surface area contributed by atoms with Crippen molar-refractivity contribution in [3.8, 4) is 0 Å². The van der Waals surface area contributed by atoms with Crippen molar-refractivity contribution >= 4 is 5.97 Å². The predicted molar refractivity (Wildman–Crippen MR) is 66.7 cm³/mol. The van der Waals surface area contributed by atoms with Crippen LogP contribution in [0.2, 0.25) is 0 Å². The lowest BCUT2D eigenvalue weighted by Crippen LogP contribution is -2.24. The van der Waals surface area contributed by atoms with Crippen LogP contribution in [0.3, 0.4) is 0 Å². The van der Waals surface area contributed by atoms with Crippen molar-refractivity contribution in [3.05, 3.63) is 11.6 Å². The van der Waals surface area contributed by atoms with E-state index in [1.165, 1.54) is 0 Å². The molecule has 0 heterocycles. The van der Waals surface area contributed by atoms with Gasteiger partial charge in [0.2, 0.25) is 0 Å². The van der Waals surface area contributed by atoms with E-state index >= 15 is 0 Å². The van der Waals surface area contributed by atoms with E-state index in [4.69, 9.17) is 9.47 Å². The molecule has 0 amide bonds. The van der Waals surface area contributed by atoms with E-state index in [-0.39, 0.29) is 13.2 Å². The maximum Gasteiger partial charge on any atom is 0.333 e. The van der Waals surface area contributed by atoms with Crippen LogP contribution in [0.15, 0.2) is 11.6 Å². The number of carbonyl (C=O) groups is 1. The molecule has 0 saturated carbocycles. The van der Waals surface area contributed by atoms with Gasteiger partial charge >= 0.3 is 5.97 Å². The molecule has 0 aliphatic heterocycles. The molecule has 0 aromatic carbocycles. The molecule has 0 aliphatic carbocycles. The third kappa shape index (κ3) is 8.89. The van der Waals surface area contributed by atoms with Crippen LogP contribution in [-0.2, 0) is 14.3 Å². The first-order valence-corrected chi connectivity index (χ1v) is 6.17. The number of hydrogen-bond acceptors (Lipinski definition) is 4. The van der Waals surface area contributed by atoms with Gasteiger partial charge in [0.05, 0.1) is 6.61 Å². The topological polar surface area (TPSA) is 55.8 Å². The molecule has 0 fully saturated rings. The van der Waals surface area contributed by atoms with E-state index in [0.717, 1.165) is 19.3 Å². The van der Waals surface area contributed by atoms with Gasteiger partial charge in [-0.25, -0.2) is 4.79 Å². The quantitative estimate of drug-likeness (QED) is 0.383. The van der Waals surface area contributed by atoms with Gasteiger partial charge in [-0.2, -0.15) is 0 Å². The van der Waals surface area contributed by atoms with Crippen molar-refractivity contribution in [3.63, 3.8) is 0 Å². The Morgan fingerprint density at radius 2 is 2.06 bits per heavy atom. The molecule has 0 aromatic heterocycles. The molecule has 1 N–H and O–H groups in total. The minimum Gasteiger partial charge on any atom is -0.459 e. The number of esters is 1. The largest absolute Gasteiger partial charge is 0.459 e. The Kier molecular flexibility index (Phi) is 9.77. The number of ether oxygens (including phenoxy) is 2. The number of rotatable bonds is 9. The highest BCUT2D eigenvalue weighted by molar-refractivity contribution is 5.87. The first-order valence-electron chi connectivity index (χ1n) is 6.17. The Labute approximate surface area is 104 Å². The van der Waals surface area contributed by atoms with Gasteiger partial charge in [0, 0.05) is 12.2 Å². The Morgan fingerprint density at radius 3 is 2.65 bits per heavy atom. The number of unbranched alkanes of at least 4 members (excludes halogenated alkanes) is 2. The van der Waals surface area contributed by atoms with Crippen molar-refractivity contribution in [2.75, 3.05) is 19.8 Å². The first-order chi connectivity index (χ1) is 8.11. The zero-order valence-electron chi connectivity index (χ0n) is 11.1. The summed E-state index contributed by atoms with van der Waals surface area (Å²) in [5.74, 6) is -0.391. The minimum atomic E-state index is -0.745. The number of hydrogen-bond donors (Lipinski definition) is 1. The zero-order chi connectivity index (χ0) is 13.1. The van der Waals surface area contributed by atoms with E-state index in [9.17, 15) is 9.90 Å². The summed E-state index contributed by atoms with van der Waals surface area (Å²) >= 11 is 0. The van der Waals surface area contributed by atoms with Crippen LogP contribution >= 0.6 is 0 Å². The molecular formula is C13H24O4. The molecule has 17 heavy (non-hydrogen) atoms. The van der Waals surface area contributed by atoms with Crippen molar-refractivity contribution in [1.29, 1.82) is 0 Å². The van der Waals surface area contributed by atoms with E-state index < -0.39 is 12.1 Å². The summed E-state index contributed by atoms with van der Waals surface area (Å²) in [6.07, 6.45) is 4.21. The lowest BCUT2D eigenvalue weighted by molar-refractivity contribution is -0.143. The molecule has 0 aromatic rings. The maximum atomic E-state index is 11.3. The summed E-state index contributed by atoms with van der Waals surface area (Å²) in [5.41, 5.74) is 0.543. The Morgan fingerprint density at radius 1 is 1.35 bits per heavy atom. The van der Waals surface area contributed by atoms with Gasteiger partial charge in [-0.1, -0.05) is 25.8 Å². The first kappa shape index (κ1) is 16.1.